The monoisotopic (exact) mass is 623 g/mol. The second-order valence-corrected chi connectivity index (χ2v) is 12.3. The third-order valence-electron chi connectivity index (χ3n) is 9.93. The summed E-state index contributed by atoms with van der Waals surface area (Å²) in [6, 6.07) is 57.1. The zero-order chi connectivity index (χ0) is 32.6. The van der Waals surface area contributed by atoms with Crippen LogP contribution in [-0.2, 0) is 0 Å². The summed E-state index contributed by atoms with van der Waals surface area (Å²) in [5.41, 5.74) is 8.69. The molecule has 10 aromatic rings. The molecule has 0 fully saturated rings. The molecule has 0 aliphatic carbocycles. The molecule has 226 valence electrons. The first-order valence-corrected chi connectivity index (χ1v) is 16.3. The SMILES string of the molecule is N#Cc1c(-n2c3ccccc3c3ccccc32)cc(-n2c3ccccc3c3ccccc32)c(C#N)c1-n1c2ccccc2c2ccccc21. The van der Waals surface area contributed by atoms with Gasteiger partial charge in [0, 0.05) is 32.3 Å². The van der Waals surface area contributed by atoms with Crippen molar-refractivity contribution in [3.63, 3.8) is 0 Å². The number of hydrogen-bond donors (Lipinski definition) is 0. The standard InChI is InChI=1S/C44H25N5/c45-26-34-42(47-36-19-7-1-13-28(36)29-14-2-8-20-37(29)47)25-43(48-38-21-9-3-15-30(38)31-16-4-10-22-39(31)48)35(27-46)44(34)49-40-23-11-5-17-32(40)33-18-6-12-24-41(33)49/h1-25H. The summed E-state index contributed by atoms with van der Waals surface area (Å²) >= 11 is 0. The Hall–Kier alpha value is -7.08. The van der Waals surface area contributed by atoms with Gasteiger partial charge in [0.25, 0.3) is 0 Å². The van der Waals surface area contributed by atoms with Crippen molar-refractivity contribution in [1.29, 1.82) is 10.5 Å². The smallest absolute Gasteiger partial charge is 0.104 e. The first-order chi connectivity index (χ1) is 24.3. The maximum absolute atomic E-state index is 11.3. The van der Waals surface area contributed by atoms with Gasteiger partial charge >= 0.3 is 0 Å². The van der Waals surface area contributed by atoms with E-state index in [2.05, 4.69) is 123 Å². The summed E-state index contributed by atoms with van der Waals surface area (Å²) < 4.78 is 6.51. The highest BCUT2D eigenvalue weighted by atomic mass is 15.1. The van der Waals surface area contributed by atoms with Crippen LogP contribution in [0, 0.1) is 22.7 Å². The minimum atomic E-state index is 0.430. The molecule has 5 heteroatoms. The molecule has 10 rings (SSSR count). The molecule has 3 heterocycles. The lowest BCUT2D eigenvalue weighted by Crippen LogP contribution is -2.11. The average molecular weight is 624 g/mol. The molecule has 0 aliphatic heterocycles. The summed E-state index contributed by atoms with van der Waals surface area (Å²) in [4.78, 5) is 0. The number of benzene rings is 7. The van der Waals surface area contributed by atoms with Gasteiger partial charge in [-0.05, 0) is 42.5 Å². The number of nitriles is 2. The summed E-state index contributed by atoms with van der Waals surface area (Å²) in [5, 5.41) is 29.1. The van der Waals surface area contributed by atoms with Crippen molar-refractivity contribution >= 4 is 65.4 Å². The van der Waals surface area contributed by atoms with E-state index in [1.807, 2.05) is 54.6 Å². The fourth-order valence-corrected chi connectivity index (χ4v) is 7.97. The van der Waals surface area contributed by atoms with Crippen molar-refractivity contribution < 1.29 is 0 Å². The van der Waals surface area contributed by atoms with Crippen molar-refractivity contribution in [2.75, 3.05) is 0 Å². The molecule has 0 saturated heterocycles. The lowest BCUT2D eigenvalue weighted by atomic mass is 10.0. The highest BCUT2D eigenvalue weighted by molar-refractivity contribution is 6.12. The summed E-state index contributed by atoms with van der Waals surface area (Å²) in [5.74, 6) is 0. The van der Waals surface area contributed by atoms with Gasteiger partial charge in [0.05, 0.1) is 50.2 Å². The molecule has 5 nitrogen and oxygen atoms in total. The van der Waals surface area contributed by atoms with E-state index in [4.69, 9.17) is 0 Å². The van der Waals surface area contributed by atoms with E-state index in [0.717, 1.165) is 65.4 Å². The lowest BCUT2D eigenvalue weighted by Gasteiger charge is -2.21. The van der Waals surface area contributed by atoms with Gasteiger partial charge in [0.2, 0.25) is 0 Å². The second kappa shape index (κ2) is 10.2. The molecule has 7 aromatic carbocycles. The van der Waals surface area contributed by atoms with Gasteiger partial charge in [-0.1, -0.05) is 109 Å². The van der Waals surface area contributed by atoms with Gasteiger partial charge in [-0.3, -0.25) is 0 Å². The van der Waals surface area contributed by atoms with Crippen molar-refractivity contribution in [2.24, 2.45) is 0 Å². The lowest BCUT2D eigenvalue weighted by molar-refractivity contribution is 1.07. The highest BCUT2D eigenvalue weighted by Gasteiger charge is 2.27. The molecule has 0 amide bonds. The molecule has 0 saturated carbocycles. The van der Waals surface area contributed by atoms with Gasteiger partial charge in [0.15, 0.2) is 0 Å². The summed E-state index contributed by atoms with van der Waals surface area (Å²) in [6.07, 6.45) is 0. The fourth-order valence-electron chi connectivity index (χ4n) is 7.97. The van der Waals surface area contributed by atoms with Crippen molar-refractivity contribution in [3.8, 4) is 29.2 Å². The van der Waals surface area contributed by atoms with Crippen LogP contribution >= 0.6 is 0 Å². The number of nitrogens with zero attached hydrogens (tertiary/aromatic N) is 5. The number of para-hydroxylation sites is 6. The largest absolute Gasteiger partial charge is 0.308 e. The first kappa shape index (κ1) is 27.1. The quantitative estimate of drug-likeness (QED) is 0.197. The van der Waals surface area contributed by atoms with E-state index < -0.39 is 0 Å². The predicted molar refractivity (Wildman–Crippen MR) is 199 cm³/mol. The van der Waals surface area contributed by atoms with Crippen LogP contribution < -0.4 is 0 Å². The number of fused-ring (bicyclic) bond motifs is 9. The van der Waals surface area contributed by atoms with Crippen LogP contribution in [0.1, 0.15) is 11.1 Å². The number of hydrogen-bond acceptors (Lipinski definition) is 2. The van der Waals surface area contributed by atoms with E-state index >= 15 is 0 Å². The molecule has 0 atom stereocenters. The Bertz CT molecular complexity index is 2770. The highest BCUT2D eigenvalue weighted by Crippen LogP contribution is 2.42. The predicted octanol–water partition coefficient (Wildman–Crippen LogP) is 10.7. The van der Waals surface area contributed by atoms with Gasteiger partial charge in [-0.2, -0.15) is 10.5 Å². The minimum absolute atomic E-state index is 0.430. The van der Waals surface area contributed by atoms with Crippen molar-refractivity contribution in [2.45, 2.75) is 0 Å². The topological polar surface area (TPSA) is 62.4 Å². The third-order valence-corrected chi connectivity index (χ3v) is 9.93. The van der Waals surface area contributed by atoms with E-state index in [-0.39, 0.29) is 0 Å². The number of rotatable bonds is 3. The van der Waals surface area contributed by atoms with Crippen LogP contribution in [-0.4, -0.2) is 13.7 Å². The van der Waals surface area contributed by atoms with Crippen LogP contribution in [0.25, 0.3) is 82.5 Å². The molecule has 0 spiro atoms. The fraction of sp³-hybridized carbons (Fsp3) is 0. The summed E-state index contributed by atoms with van der Waals surface area (Å²) in [7, 11) is 0. The first-order valence-electron chi connectivity index (χ1n) is 16.3. The maximum atomic E-state index is 11.3. The van der Waals surface area contributed by atoms with Crippen LogP contribution in [0.5, 0.6) is 0 Å². The van der Waals surface area contributed by atoms with E-state index in [1.54, 1.807) is 0 Å². The molecule has 0 unspecified atom stereocenters. The summed E-state index contributed by atoms with van der Waals surface area (Å²) in [6.45, 7) is 0. The average Bonchev–Trinajstić information content (AvgIpc) is 3.80. The minimum Gasteiger partial charge on any atom is -0.308 e. The molecule has 0 aliphatic rings. The Kier molecular flexibility index (Phi) is 5.64. The zero-order valence-corrected chi connectivity index (χ0v) is 26.2. The normalized spacial score (nSPS) is 11.6. The van der Waals surface area contributed by atoms with Crippen molar-refractivity contribution in [1.82, 2.24) is 13.7 Å². The van der Waals surface area contributed by atoms with Crippen LogP contribution in [0.2, 0.25) is 0 Å². The number of aromatic nitrogens is 3. The van der Waals surface area contributed by atoms with Gasteiger partial charge in [-0.15, -0.1) is 0 Å². The molecule has 0 N–H and O–H groups in total. The van der Waals surface area contributed by atoms with Crippen LogP contribution in [0.3, 0.4) is 0 Å². The van der Waals surface area contributed by atoms with E-state index in [9.17, 15) is 10.5 Å². The third kappa shape index (κ3) is 3.62. The van der Waals surface area contributed by atoms with Gasteiger partial charge in [-0.25, -0.2) is 0 Å². The zero-order valence-electron chi connectivity index (χ0n) is 26.2. The Balaban J connectivity index is 1.48. The van der Waals surface area contributed by atoms with Crippen molar-refractivity contribution in [3.05, 3.63) is 163 Å². The second-order valence-electron chi connectivity index (χ2n) is 12.3. The molecule has 0 radical (unpaired) electrons. The molecular formula is C44H25N5. The van der Waals surface area contributed by atoms with Gasteiger partial charge < -0.3 is 13.7 Å². The Morgan fingerprint density at radius 1 is 0.327 bits per heavy atom. The maximum Gasteiger partial charge on any atom is 0.104 e. The van der Waals surface area contributed by atoms with Gasteiger partial charge in [0.1, 0.15) is 23.3 Å². The molecule has 0 bridgehead atoms. The Morgan fingerprint density at radius 3 is 0.837 bits per heavy atom. The van der Waals surface area contributed by atoms with E-state index in [1.165, 1.54) is 0 Å². The van der Waals surface area contributed by atoms with E-state index in [0.29, 0.717) is 28.2 Å². The Labute approximate surface area is 280 Å². The molecular weight excluding hydrogens is 599 g/mol. The van der Waals surface area contributed by atoms with Crippen LogP contribution in [0.4, 0.5) is 0 Å². The Morgan fingerprint density at radius 2 is 0.571 bits per heavy atom. The molecule has 3 aromatic heterocycles. The molecule has 49 heavy (non-hydrogen) atoms. The van der Waals surface area contributed by atoms with Crippen LogP contribution in [0.15, 0.2) is 152 Å².